The zero-order valence-electron chi connectivity index (χ0n) is 14.5. The Kier molecular flexibility index (Phi) is 4.69. The molecule has 1 N–H and O–H groups in total. The largest absolute Gasteiger partial charge is 0.343 e. The van der Waals surface area contributed by atoms with Crippen LogP contribution >= 0.6 is 22.7 Å². The molecule has 0 aliphatic heterocycles. The van der Waals surface area contributed by atoms with Crippen molar-refractivity contribution in [2.24, 2.45) is 5.92 Å². The molecule has 0 radical (unpaired) electrons. The molecule has 0 saturated carbocycles. The van der Waals surface area contributed by atoms with E-state index in [0.717, 1.165) is 32.2 Å². The van der Waals surface area contributed by atoms with Crippen LogP contribution in [0.3, 0.4) is 0 Å². The fourth-order valence-corrected chi connectivity index (χ4v) is 5.06. The van der Waals surface area contributed by atoms with E-state index in [0.29, 0.717) is 5.92 Å². The molecule has 0 saturated heterocycles. The summed E-state index contributed by atoms with van der Waals surface area (Å²) in [5.74, 6) is 1.04. The van der Waals surface area contributed by atoms with Gasteiger partial charge in [-0.3, -0.25) is 4.79 Å². The number of nitrogens with one attached hydrogen (secondary N) is 1. The van der Waals surface area contributed by atoms with E-state index in [1.165, 1.54) is 16.2 Å². The Morgan fingerprint density at radius 1 is 1.21 bits per heavy atom. The van der Waals surface area contributed by atoms with Crippen LogP contribution < -0.4 is 5.32 Å². The van der Waals surface area contributed by atoms with Crippen LogP contribution in [0.4, 0.5) is 0 Å². The van der Waals surface area contributed by atoms with Gasteiger partial charge < -0.3 is 5.32 Å². The molecule has 0 aliphatic rings. The maximum atomic E-state index is 12.9. The zero-order valence-corrected chi connectivity index (χ0v) is 16.1. The third-order valence-corrected chi connectivity index (χ3v) is 6.23. The van der Waals surface area contributed by atoms with E-state index < -0.39 is 0 Å². The second-order valence-corrected chi connectivity index (χ2v) is 8.28. The minimum Gasteiger partial charge on any atom is -0.343 e. The van der Waals surface area contributed by atoms with Crippen molar-refractivity contribution in [3.8, 4) is 0 Å². The van der Waals surface area contributed by atoms with E-state index in [1.807, 2.05) is 32.2 Å². The molecule has 24 heavy (non-hydrogen) atoms. The van der Waals surface area contributed by atoms with Gasteiger partial charge in [0.1, 0.15) is 10.7 Å². The maximum absolute atomic E-state index is 12.9. The van der Waals surface area contributed by atoms with Crippen LogP contribution in [0.5, 0.6) is 0 Å². The van der Waals surface area contributed by atoms with Gasteiger partial charge in [-0.15, -0.1) is 22.7 Å². The third kappa shape index (κ3) is 3.08. The van der Waals surface area contributed by atoms with Crippen LogP contribution in [-0.4, -0.2) is 15.9 Å². The predicted molar refractivity (Wildman–Crippen MR) is 101 cm³/mol. The molecular weight excluding hydrogens is 338 g/mol. The second-order valence-electron chi connectivity index (χ2n) is 6.30. The molecule has 4 nitrogen and oxygen atoms in total. The highest BCUT2D eigenvalue weighted by Gasteiger charge is 2.24. The first-order valence-corrected chi connectivity index (χ1v) is 9.66. The lowest BCUT2D eigenvalue weighted by Crippen LogP contribution is -2.31. The average molecular weight is 360 g/mol. The van der Waals surface area contributed by atoms with Gasteiger partial charge in [-0.1, -0.05) is 19.9 Å². The first kappa shape index (κ1) is 17.0. The number of nitrogens with zero attached hydrogens (tertiary/aromatic N) is 2. The summed E-state index contributed by atoms with van der Waals surface area (Å²) in [5.41, 5.74) is 1.91. The molecule has 0 aromatic carbocycles. The lowest BCUT2D eigenvalue weighted by Gasteiger charge is -2.21. The molecule has 0 aliphatic carbocycles. The number of aromatic nitrogens is 2. The summed E-state index contributed by atoms with van der Waals surface area (Å²) in [5, 5.41) is 6.26. The number of carbonyl (C=O) groups excluding carboxylic acids is 1. The molecule has 0 fully saturated rings. The Balaban J connectivity index is 1.97. The van der Waals surface area contributed by atoms with Crippen molar-refractivity contribution in [3.05, 3.63) is 44.3 Å². The SMILES string of the molecule is Cc1nc(C)c2c(C)c(C(=O)NC(c3cccs3)C(C)C)sc2n1. The minimum absolute atomic E-state index is 0.0241. The average Bonchev–Trinajstić information content (AvgIpc) is 3.12. The summed E-state index contributed by atoms with van der Waals surface area (Å²) < 4.78 is 0. The van der Waals surface area contributed by atoms with Crippen LogP contribution in [0.25, 0.3) is 10.2 Å². The number of aryl methyl sites for hydroxylation is 3. The Labute approximate surface area is 150 Å². The van der Waals surface area contributed by atoms with Crippen LogP contribution in [0.15, 0.2) is 17.5 Å². The molecule has 1 amide bonds. The van der Waals surface area contributed by atoms with Crippen molar-refractivity contribution >= 4 is 38.8 Å². The fraction of sp³-hybridized carbons (Fsp3) is 0.389. The van der Waals surface area contributed by atoms with Crippen molar-refractivity contribution in [1.29, 1.82) is 0 Å². The molecule has 1 atom stereocenters. The fourth-order valence-electron chi connectivity index (χ4n) is 2.93. The monoisotopic (exact) mass is 359 g/mol. The van der Waals surface area contributed by atoms with Gasteiger partial charge in [-0.05, 0) is 43.7 Å². The molecule has 6 heteroatoms. The molecule has 1 unspecified atom stereocenters. The van der Waals surface area contributed by atoms with E-state index in [1.54, 1.807) is 11.3 Å². The topological polar surface area (TPSA) is 54.9 Å². The van der Waals surface area contributed by atoms with E-state index >= 15 is 0 Å². The lowest BCUT2D eigenvalue weighted by molar-refractivity contribution is 0.0930. The van der Waals surface area contributed by atoms with Crippen molar-refractivity contribution in [1.82, 2.24) is 15.3 Å². The molecule has 3 heterocycles. The summed E-state index contributed by atoms with van der Waals surface area (Å²) >= 11 is 3.13. The van der Waals surface area contributed by atoms with E-state index in [-0.39, 0.29) is 11.9 Å². The van der Waals surface area contributed by atoms with Crippen molar-refractivity contribution in [3.63, 3.8) is 0 Å². The summed E-state index contributed by atoms with van der Waals surface area (Å²) in [6.07, 6.45) is 0. The number of rotatable bonds is 4. The van der Waals surface area contributed by atoms with Gasteiger partial charge in [0.25, 0.3) is 5.91 Å². The predicted octanol–water partition coefficient (Wildman–Crippen LogP) is 4.81. The lowest BCUT2D eigenvalue weighted by atomic mass is 10.0. The molecule has 3 aromatic heterocycles. The van der Waals surface area contributed by atoms with Crippen molar-refractivity contribution in [2.75, 3.05) is 0 Å². The zero-order chi connectivity index (χ0) is 17.4. The summed E-state index contributed by atoms with van der Waals surface area (Å²) in [6, 6.07) is 4.12. The number of carbonyl (C=O) groups is 1. The minimum atomic E-state index is -0.0281. The summed E-state index contributed by atoms with van der Waals surface area (Å²) in [4.78, 5) is 24.6. The van der Waals surface area contributed by atoms with Crippen LogP contribution in [-0.2, 0) is 0 Å². The molecule has 0 bridgehead atoms. The Morgan fingerprint density at radius 2 is 1.96 bits per heavy atom. The van der Waals surface area contributed by atoms with Crippen molar-refractivity contribution < 1.29 is 4.79 Å². The Hall–Kier alpha value is -1.79. The highest BCUT2D eigenvalue weighted by molar-refractivity contribution is 7.20. The van der Waals surface area contributed by atoms with Gasteiger partial charge in [-0.2, -0.15) is 0 Å². The third-order valence-electron chi connectivity index (χ3n) is 4.09. The highest BCUT2D eigenvalue weighted by atomic mass is 32.1. The standard InChI is InChI=1S/C18H21N3OS2/c1-9(2)15(13-7-6-8-23-13)21-17(22)16-10(3)14-11(4)19-12(5)20-18(14)24-16/h6-9,15H,1-5H3,(H,21,22). The molecule has 126 valence electrons. The first-order chi connectivity index (χ1) is 11.4. The molecule has 3 aromatic rings. The smallest absolute Gasteiger partial charge is 0.262 e. The van der Waals surface area contributed by atoms with Gasteiger partial charge in [0.05, 0.1) is 10.9 Å². The van der Waals surface area contributed by atoms with E-state index in [4.69, 9.17) is 0 Å². The maximum Gasteiger partial charge on any atom is 0.262 e. The van der Waals surface area contributed by atoms with Gasteiger partial charge in [-0.25, -0.2) is 9.97 Å². The number of hydrogen-bond donors (Lipinski definition) is 1. The van der Waals surface area contributed by atoms with Crippen LogP contribution in [0, 0.1) is 26.7 Å². The van der Waals surface area contributed by atoms with Crippen LogP contribution in [0.1, 0.15) is 51.5 Å². The second kappa shape index (κ2) is 6.61. The number of amides is 1. The summed E-state index contributed by atoms with van der Waals surface area (Å²) in [7, 11) is 0. The van der Waals surface area contributed by atoms with E-state index in [9.17, 15) is 4.79 Å². The highest BCUT2D eigenvalue weighted by Crippen LogP contribution is 2.32. The molecule has 0 spiro atoms. The number of fused-ring (bicyclic) bond motifs is 1. The normalized spacial score (nSPS) is 12.8. The molecule has 3 rings (SSSR count). The van der Waals surface area contributed by atoms with Gasteiger partial charge in [0.15, 0.2) is 0 Å². The molecular formula is C18H21N3OS2. The summed E-state index contributed by atoms with van der Waals surface area (Å²) in [6.45, 7) is 10.1. The first-order valence-electron chi connectivity index (χ1n) is 7.97. The van der Waals surface area contributed by atoms with Gasteiger partial charge in [0.2, 0.25) is 0 Å². The Morgan fingerprint density at radius 3 is 2.58 bits per heavy atom. The number of thiophene rings is 2. The van der Waals surface area contributed by atoms with Crippen molar-refractivity contribution in [2.45, 2.75) is 40.7 Å². The number of hydrogen-bond acceptors (Lipinski definition) is 5. The van der Waals surface area contributed by atoms with E-state index in [2.05, 4.69) is 35.2 Å². The van der Waals surface area contributed by atoms with Crippen LogP contribution in [0.2, 0.25) is 0 Å². The van der Waals surface area contributed by atoms with Gasteiger partial charge >= 0.3 is 0 Å². The quantitative estimate of drug-likeness (QED) is 0.727. The Bertz CT molecular complexity index is 881. The van der Waals surface area contributed by atoms with Gasteiger partial charge in [0, 0.05) is 16.0 Å².